The van der Waals surface area contributed by atoms with Crippen LogP contribution < -0.4 is 15.8 Å². The maximum atomic E-state index is 11.7. The van der Waals surface area contributed by atoms with E-state index < -0.39 is 19.9 Å². The number of rotatable bonds is 4. The number of hydrogen-bond acceptors (Lipinski definition) is 6. The van der Waals surface area contributed by atoms with Crippen LogP contribution in [0.1, 0.15) is 12.8 Å². The lowest BCUT2D eigenvalue weighted by molar-refractivity contribution is 0.559. The Morgan fingerprint density at radius 2 is 1.86 bits per heavy atom. The van der Waals surface area contributed by atoms with Crippen LogP contribution in [0.2, 0.25) is 0 Å². The third kappa shape index (κ3) is 3.86. The zero-order valence-corrected chi connectivity index (χ0v) is 13.3. The fourth-order valence-corrected chi connectivity index (χ4v) is 4.59. The van der Waals surface area contributed by atoms with E-state index >= 15 is 0 Å². The van der Waals surface area contributed by atoms with E-state index in [-0.39, 0.29) is 28.1 Å². The van der Waals surface area contributed by atoms with Crippen molar-refractivity contribution >= 4 is 31.2 Å². The van der Waals surface area contributed by atoms with Crippen molar-refractivity contribution in [2.75, 3.05) is 29.6 Å². The Bertz CT molecular complexity index is 715. The minimum absolute atomic E-state index is 0.0294. The highest BCUT2D eigenvalue weighted by atomic mass is 32.2. The van der Waals surface area contributed by atoms with Gasteiger partial charge in [0.15, 0.2) is 0 Å². The Morgan fingerprint density at radius 3 is 2.38 bits per heavy atom. The first kappa shape index (κ1) is 16.1. The first-order valence-corrected chi connectivity index (χ1v) is 9.84. The second-order valence-corrected chi connectivity index (χ2v) is 9.19. The van der Waals surface area contributed by atoms with Gasteiger partial charge in [-0.1, -0.05) is 0 Å². The summed E-state index contributed by atoms with van der Waals surface area (Å²) in [7, 11) is -5.15. The van der Waals surface area contributed by atoms with Gasteiger partial charge in [0, 0.05) is 11.7 Å². The van der Waals surface area contributed by atoms with E-state index in [1.54, 1.807) is 12.1 Å². The molecule has 0 bridgehead atoms. The molecule has 1 aromatic rings. The molecule has 0 atom stereocenters. The number of nitrogens with two attached hydrogens (primary N) is 1. The predicted molar refractivity (Wildman–Crippen MR) is 82.4 cm³/mol. The third-order valence-electron chi connectivity index (χ3n) is 3.49. The van der Waals surface area contributed by atoms with Gasteiger partial charge >= 0.3 is 0 Å². The Labute approximate surface area is 124 Å². The average Bonchev–Trinajstić information content (AvgIpc) is 2.41. The van der Waals surface area contributed by atoms with E-state index in [1.165, 1.54) is 13.1 Å². The summed E-state index contributed by atoms with van der Waals surface area (Å²) < 4.78 is 48.4. The second-order valence-electron chi connectivity index (χ2n) is 5.03. The molecule has 118 valence electrons. The first-order chi connectivity index (χ1) is 9.73. The third-order valence-corrected chi connectivity index (χ3v) is 6.70. The van der Waals surface area contributed by atoms with Crippen molar-refractivity contribution < 1.29 is 16.8 Å². The van der Waals surface area contributed by atoms with Crippen LogP contribution in [0, 0.1) is 0 Å². The van der Waals surface area contributed by atoms with Crippen LogP contribution in [-0.4, -0.2) is 41.4 Å². The van der Waals surface area contributed by atoms with Gasteiger partial charge in [-0.2, -0.15) is 0 Å². The molecule has 9 heteroatoms. The number of anilines is 2. The van der Waals surface area contributed by atoms with Gasteiger partial charge in [0.1, 0.15) is 14.7 Å². The molecule has 21 heavy (non-hydrogen) atoms. The molecule has 0 radical (unpaired) electrons. The van der Waals surface area contributed by atoms with E-state index in [1.807, 2.05) is 0 Å². The molecule has 0 aromatic heterocycles. The Balaban J connectivity index is 2.11. The molecule has 0 saturated carbocycles. The summed E-state index contributed by atoms with van der Waals surface area (Å²) in [5.41, 5.74) is 6.61. The Kier molecular flexibility index (Phi) is 4.45. The second kappa shape index (κ2) is 5.82. The van der Waals surface area contributed by atoms with Crippen LogP contribution >= 0.6 is 0 Å². The standard InChI is InChI=1S/C12H19N3O4S2/c1-14-21(18,19)12-3-2-10(8-11(12)13)15-9-4-6-20(16,17)7-5-9/h2-3,8-9,14-15H,4-7,13H2,1H3. The predicted octanol–water partition coefficient (Wildman–Crippen LogP) is 0.166. The molecule has 4 N–H and O–H groups in total. The van der Waals surface area contributed by atoms with Crippen molar-refractivity contribution in [1.29, 1.82) is 0 Å². The number of hydrogen-bond donors (Lipinski definition) is 3. The van der Waals surface area contributed by atoms with Gasteiger partial charge in [0.05, 0.1) is 17.2 Å². The topological polar surface area (TPSA) is 118 Å². The van der Waals surface area contributed by atoms with Crippen molar-refractivity contribution in [2.45, 2.75) is 23.8 Å². The van der Waals surface area contributed by atoms with Gasteiger partial charge in [0.25, 0.3) is 0 Å². The molecule has 1 aliphatic rings. The van der Waals surface area contributed by atoms with Crippen LogP contribution in [0.25, 0.3) is 0 Å². The summed E-state index contributed by atoms with van der Waals surface area (Å²) in [6.45, 7) is 0. The fourth-order valence-electron chi connectivity index (χ4n) is 2.26. The normalized spacial score (nSPS) is 19.3. The monoisotopic (exact) mass is 333 g/mol. The minimum Gasteiger partial charge on any atom is -0.398 e. The molecule has 2 rings (SSSR count). The number of nitrogens with one attached hydrogen (secondary N) is 2. The minimum atomic E-state index is -3.58. The van der Waals surface area contributed by atoms with Crippen molar-refractivity contribution in [3.05, 3.63) is 18.2 Å². The molecule has 1 fully saturated rings. The van der Waals surface area contributed by atoms with Gasteiger partial charge in [-0.15, -0.1) is 0 Å². The molecule has 0 amide bonds. The summed E-state index contributed by atoms with van der Waals surface area (Å²) in [5.74, 6) is 0.346. The van der Waals surface area contributed by atoms with Gasteiger partial charge in [-0.05, 0) is 38.1 Å². The van der Waals surface area contributed by atoms with Gasteiger partial charge in [0.2, 0.25) is 10.0 Å². The quantitative estimate of drug-likeness (QED) is 0.676. The van der Waals surface area contributed by atoms with E-state index in [9.17, 15) is 16.8 Å². The molecule has 0 spiro atoms. The lowest BCUT2D eigenvalue weighted by Gasteiger charge is -2.24. The molecule has 1 aromatic carbocycles. The highest BCUT2D eigenvalue weighted by Crippen LogP contribution is 2.24. The van der Waals surface area contributed by atoms with E-state index in [0.717, 1.165) is 0 Å². The van der Waals surface area contributed by atoms with E-state index in [4.69, 9.17) is 5.73 Å². The smallest absolute Gasteiger partial charge is 0.242 e. The maximum absolute atomic E-state index is 11.7. The molecule has 1 aliphatic heterocycles. The van der Waals surface area contributed by atoms with Crippen molar-refractivity contribution in [2.24, 2.45) is 0 Å². The van der Waals surface area contributed by atoms with Crippen molar-refractivity contribution in [3.63, 3.8) is 0 Å². The maximum Gasteiger partial charge on any atom is 0.242 e. The van der Waals surface area contributed by atoms with Crippen molar-refractivity contribution in [1.82, 2.24) is 4.72 Å². The first-order valence-electron chi connectivity index (χ1n) is 6.53. The molecule has 0 aliphatic carbocycles. The van der Waals surface area contributed by atoms with Crippen LogP contribution in [0.15, 0.2) is 23.1 Å². The molecule has 1 heterocycles. The molecule has 1 saturated heterocycles. The van der Waals surface area contributed by atoms with Crippen molar-refractivity contribution in [3.8, 4) is 0 Å². The van der Waals surface area contributed by atoms with Crippen LogP contribution in [0.3, 0.4) is 0 Å². The van der Waals surface area contributed by atoms with Gasteiger partial charge in [-0.25, -0.2) is 21.6 Å². The zero-order valence-electron chi connectivity index (χ0n) is 11.7. The number of benzene rings is 1. The van der Waals surface area contributed by atoms with E-state index in [0.29, 0.717) is 18.5 Å². The fraction of sp³-hybridized carbons (Fsp3) is 0.500. The van der Waals surface area contributed by atoms with Gasteiger partial charge < -0.3 is 11.1 Å². The Morgan fingerprint density at radius 1 is 1.24 bits per heavy atom. The molecular formula is C12H19N3O4S2. The molecule has 0 unspecified atom stereocenters. The number of nitrogen functional groups attached to an aromatic ring is 1. The molecule has 7 nitrogen and oxygen atoms in total. The summed E-state index contributed by atoms with van der Waals surface area (Å²) in [6.07, 6.45) is 1.08. The highest BCUT2D eigenvalue weighted by Gasteiger charge is 2.23. The van der Waals surface area contributed by atoms with Crippen LogP contribution in [0.4, 0.5) is 11.4 Å². The summed E-state index contributed by atoms with van der Waals surface area (Å²) in [5, 5.41) is 3.20. The SMILES string of the molecule is CNS(=O)(=O)c1ccc(NC2CCS(=O)(=O)CC2)cc1N. The van der Waals surface area contributed by atoms with Crippen LogP contribution in [0.5, 0.6) is 0 Å². The number of sulfone groups is 1. The molecular weight excluding hydrogens is 314 g/mol. The average molecular weight is 333 g/mol. The lowest BCUT2D eigenvalue weighted by atomic mass is 10.1. The number of sulfonamides is 1. The lowest BCUT2D eigenvalue weighted by Crippen LogP contribution is -2.32. The highest BCUT2D eigenvalue weighted by molar-refractivity contribution is 7.91. The summed E-state index contributed by atoms with van der Waals surface area (Å²) in [6, 6.07) is 4.67. The van der Waals surface area contributed by atoms with Gasteiger partial charge in [-0.3, -0.25) is 0 Å². The van der Waals surface area contributed by atoms with Crippen LogP contribution in [-0.2, 0) is 19.9 Å². The summed E-state index contributed by atoms with van der Waals surface area (Å²) in [4.78, 5) is 0.0294. The Hall–Kier alpha value is -1.32. The summed E-state index contributed by atoms with van der Waals surface area (Å²) >= 11 is 0. The zero-order chi connectivity index (χ0) is 15.7. The largest absolute Gasteiger partial charge is 0.398 e. The van der Waals surface area contributed by atoms with E-state index in [2.05, 4.69) is 10.0 Å².